The van der Waals surface area contributed by atoms with E-state index >= 15 is 0 Å². The van der Waals surface area contributed by atoms with Gasteiger partial charge in [0.1, 0.15) is 5.82 Å². The van der Waals surface area contributed by atoms with Crippen molar-refractivity contribution in [2.45, 2.75) is 12.7 Å². The SMILES string of the molecule is Fc1ccc(Cn2ccc(C(F)(F)F)n2)cc1Br. The molecule has 0 radical (unpaired) electrons. The highest BCUT2D eigenvalue weighted by Gasteiger charge is 2.33. The van der Waals surface area contributed by atoms with Gasteiger partial charge >= 0.3 is 6.18 Å². The molecule has 0 bridgehead atoms. The lowest BCUT2D eigenvalue weighted by Gasteiger charge is -2.04. The van der Waals surface area contributed by atoms with Crippen molar-refractivity contribution in [1.82, 2.24) is 9.78 Å². The predicted molar refractivity (Wildman–Crippen MR) is 60.4 cm³/mol. The van der Waals surface area contributed by atoms with Gasteiger partial charge in [-0.25, -0.2) is 4.39 Å². The van der Waals surface area contributed by atoms with Gasteiger partial charge in [0.15, 0.2) is 5.69 Å². The summed E-state index contributed by atoms with van der Waals surface area (Å²) in [5.74, 6) is -0.421. The maximum Gasteiger partial charge on any atom is 0.435 e. The lowest BCUT2D eigenvalue weighted by Crippen LogP contribution is -2.08. The summed E-state index contributed by atoms with van der Waals surface area (Å²) in [6.45, 7) is 0.148. The molecule has 96 valence electrons. The van der Waals surface area contributed by atoms with Crippen LogP contribution in [0.2, 0.25) is 0 Å². The number of hydrogen-bond acceptors (Lipinski definition) is 1. The van der Waals surface area contributed by atoms with Crippen LogP contribution in [-0.4, -0.2) is 9.78 Å². The van der Waals surface area contributed by atoms with Gasteiger partial charge in [-0.15, -0.1) is 0 Å². The number of aromatic nitrogens is 2. The fourth-order valence-corrected chi connectivity index (χ4v) is 1.85. The number of halogens is 5. The van der Waals surface area contributed by atoms with Crippen LogP contribution in [-0.2, 0) is 12.7 Å². The quantitative estimate of drug-likeness (QED) is 0.768. The number of benzene rings is 1. The van der Waals surface area contributed by atoms with E-state index in [1.165, 1.54) is 24.4 Å². The Labute approximate surface area is 108 Å². The van der Waals surface area contributed by atoms with Crippen molar-refractivity contribution in [3.8, 4) is 0 Å². The Bertz CT molecular complexity index is 562. The standard InChI is InChI=1S/C11H7BrF4N2/c12-8-5-7(1-2-9(8)13)6-18-4-3-10(17-18)11(14,15)16/h1-5H,6H2. The van der Waals surface area contributed by atoms with Gasteiger partial charge < -0.3 is 0 Å². The zero-order valence-corrected chi connectivity index (χ0v) is 10.5. The van der Waals surface area contributed by atoms with Crippen molar-refractivity contribution in [2.75, 3.05) is 0 Å². The average Bonchev–Trinajstić information content (AvgIpc) is 2.72. The van der Waals surface area contributed by atoms with Crippen LogP contribution in [0.25, 0.3) is 0 Å². The van der Waals surface area contributed by atoms with E-state index in [-0.39, 0.29) is 11.0 Å². The molecule has 0 N–H and O–H groups in total. The number of rotatable bonds is 2. The zero-order valence-electron chi connectivity index (χ0n) is 8.88. The Morgan fingerprint density at radius 1 is 1.22 bits per heavy atom. The van der Waals surface area contributed by atoms with Gasteiger partial charge in [-0.3, -0.25) is 4.68 Å². The molecule has 18 heavy (non-hydrogen) atoms. The van der Waals surface area contributed by atoms with E-state index in [0.29, 0.717) is 5.56 Å². The summed E-state index contributed by atoms with van der Waals surface area (Å²) in [6, 6.07) is 5.14. The van der Waals surface area contributed by atoms with Gasteiger partial charge in [0.05, 0.1) is 11.0 Å². The largest absolute Gasteiger partial charge is 0.435 e. The molecule has 0 fully saturated rings. The van der Waals surface area contributed by atoms with E-state index in [1.807, 2.05) is 0 Å². The van der Waals surface area contributed by atoms with Crippen LogP contribution in [0.15, 0.2) is 34.9 Å². The van der Waals surface area contributed by atoms with Crippen molar-refractivity contribution in [1.29, 1.82) is 0 Å². The number of hydrogen-bond donors (Lipinski definition) is 0. The fourth-order valence-electron chi connectivity index (χ4n) is 1.43. The highest BCUT2D eigenvalue weighted by Crippen LogP contribution is 2.27. The van der Waals surface area contributed by atoms with E-state index < -0.39 is 17.7 Å². The third-order valence-corrected chi connectivity index (χ3v) is 2.87. The van der Waals surface area contributed by atoms with Crippen molar-refractivity contribution in [2.24, 2.45) is 0 Å². The Balaban J connectivity index is 2.19. The molecule has 1 heterocycles. The maximum atomic E-state index is 13.0. The molecule has 2 nitrogen and oxygen atoms in total. The molecule has 0 atom stereocenters. The molecule has 0 saturated carbocycles. The van der Waals surface area contributed by atoms with E-state index in [4.69, 9.17) is 0 Å². The summed E-state index contributed by atoms with van der Waals surface area (Å²) in [6.07, 6.45) is -3.21. The Morgan fingerprint density at radius 3 is 2.50 bits per heavy atom. The lowest BCUT2D eigenvalue weighted by atomic mass is 10.2. The van der Waals surface area contributed by atoms with E-state index in [1.54, 1.807) is 0 Å². The molecule has 0 aliphatic carbocycles. The van der Waals surface area contributed by atoms with Crippen LogP contribution in [0.4, 0.5) is 17.6 Å². The second-order valence-corrected chi connectivity index (χ2v) is 4.50. The Hall–Kier alpha value is -1.37. The van der Waals surface area contributed by atoms with Gasteiger partial charge in [0.2, 0.25) is 0 Å². The molecule has 1 aromatic carbocycles. The monoisotopic (exact) mass is 322 g/mol. The van der Waals surface area contributed by atoms with Gasteiger partial charge in [-0.05, 0) is 39.7 Å². The smallest absolute Gasteiger partial charge is 0.268 e. The molecule has 2 aromatic rings. The topological polar surface area (TPSA) is 17.8 Å². The van der Waals surface area contributed by atoms with Gasteiger partial charge in [-0.1, -0.05) is 6.07 Å². The molecule has 0 unspecified atom stereocenters. The first kappa shape index (κ1) is 13.1. The third-order valence-electron chi connectivity index (χ3n) is 2.26. The molecule has 0 amide bonds. The van der Waals surface area contributed by atoms with Gasteiger partial charge in [-0.2, -0.15) is 18.3 Å². The average molecular weight is 323 g/mol. The van der Waals surface area contributed by atoms with E-state index in [9.17, 15) is 17.6 Å². The van der Waals surface area contributed by atoms with Gasteiger partial charge in [0.25, 0.3) is 0 Å². The first-order valence-corrected chi connectivity index (χ1v) is 5.70. The first-order chi connectivity index (χ1) is 8.36. The van der Waals surface area contributed by atoms with E-state index in [2.05, 4.69) is 21.0 Å². The Kier molecular flexibility index (Phi) is 3.43. The minimum absolute atomic E-state index is 0.148. The highest BCUT2D eigenvalue weighted by atomic mass is 79.9. The molecular weight excluding hydrogens is 316 g/mol. The third kappa shape index (κ3) is 2.90. The molecule has 7 heteroatoms. The van der Waals surface area contributed by atoms with Crippen molar-refractivity contribution in [3.05, 3.63) is 52.0 Å². The summed E-state index contributed by atoms with van der Waals surface area (Å²) in [7, 11) is 0. The normalized spacial score (nSPS) is 11.8. The minimum Gasteiger partial charge on any atom is -0.268 e. The summed E-state index contributed by atoms with van der Waals surface area (Å²) in [5, 5.41) is 3.41. The molecular formula is C11H7BrF4N2. The molecule has 0 saturated heterocycles. The van der Waals surface area contributed by atoms with Crippen LogP contribution < -0.4 is 0 Å². The first-order valence-electron chi connectivity index (χ1n) is 4.91. The summed E-state index contributed by atoms with van der Waals surface area (Å²) < 4.78 is 51.4. The second kappa shape index (κ2) is 4.72. The molecule has 1 aromatic heterocycles. The summed E-state index contributed by atoms with van der Waals surface area (Å²) in [5.41, 5.74) is -0.288. The second-order valence-electron chi connectivity index (χ2n) is 3.64. The molecule has 0 spiro atoms. The predicted octanol–water partition coefficient (Wildman–Crippen LogP) is 3.85. The number of alkyl halides is 3. The van der Waals surface area contributed by atoms with Crippen LogP contribution >= 0.6 is 15.9 Å². The van der Waals surface area contributed by atoms with Crippen molar-refractivity contribution in [3.63, 3.8) is 0 Å². The lowest BCUT2D eigenvalue weighted by molar-refractivity contribution is -0.141. The van der Waals surface area contributed by atoms with Crippen LogP contribution in [0.5, 0.6) is 0 Å². The van der Waals surface area contributed by atoms with Crippen LogP contribution in [0, 0.1) is 5.82 Å². The number of nitrogens with zero attached hydrogens (tertiary/aromatic N) is 2. The highest BCUT2D eigenvalue weighted by molar-refractivity contribution is 9.10. The fraction of sp³-hybridized carbons (Fsp3) is 0.182. The van der Waals surface area contributed by atoms with E-state index in [0.717, 1.165) is 10.7 Å². The van der Waals surface area contributed by atoms with Crippen LogP contribution in [0.1, 0.15) is 11.3 Å². The van der Waals surface area contributed by atoms with Crippen molar-refractivity contribution < 1.29 is 17.6 Å². The molecule has 0 aliphatic rings. The summed E-state index contributed by atoms with van der Waals surface area (Å²) >= 11 is 3.01. The van der Waals surface area contributed by atoms with Crippen molar-refractivity contribution >= 4 is 15.9 Å². The zero-order chi connectivity index (χ0) is 13.3. The van der Waals surface area contributed by atoms with Gasteiger partial charge in [0, 0.05) is 6.20 Å². The summed E-state index contributed by atoms with van der Waals surface area (Å²) in [4.78, 5) is 0. The molecule has 0 aliphatic heterocycles. The Morgan fingerprint density at radius 2 is 1.94 bits per heavy atom. The minimum atomic E-state index is -4.45. The maximum absolute atomic E-state index is 13.0. The van der Waals surface area contributed by atoms with Crippen LogP contribution in [0.3, 0.4) is 0 Å². The molecule has 2 rings (SSSR count).